The van der Waals surface area contributed by atoms with E-state index in [1.54, 1.807) is 0 Å². The minimum Gasteiger partial charge on any atom is -0.481 e. The summed E-state index contributed by atoms with van der Waals surface area (Å²) in [5.74, 6) is -2.30. The fourth-order valence-electron chi connectivity index (χ4n) is 2.66. The molecule has 1 aliphatic rings. The third-order valence-electron chi connectivity index (χ3n) is 3.70. The molecule has 1 fully saturated rings. The van der Waals surface area contributed by atoms with E-state index in [9.17, 15) is 14.7 Å². The molecule has 20 heavy (non-hydrogen) atoms. The standard InChI is InChI=1S/C14H19N3O3/c15-7-3-9-17(10-4-8-16)13(18)11-5-1-2-6-12(11)14(19)20/h11-12H,1-6,9-10H2,(H,19,20). The highest BCUT2D eigenvalue weighted by atomic mass is 16.4. The van der Waals surface area contributed by atoms with Crippen molar-refractivity contribution in [3.8, 4) is 12.1 Å². The van der Waals surface area contributed by atoms with Crippen LogP contribution in [0.15, 0.2) is 0 Å². The second-order valence-electron chi connectivity index (χ2n) is 4.98. The van der Waals surface area contributed by atoms with Crippen LogP contribution in [0.3, 0.4) is 0 Å². The van der Waals surface area contributed by atoms with Crippen molar-refractivity contribution < 1.29 is 14.7 Å². The normalized spacial score (nSPS) is 21.5. The van der Waals surface area contributed by atoms with Crippen molar-refractivity contribution in [2.24, 2.45) is 11.8 Å². The van der Waals surface area contributed by atoms with E-state index in [1.165, 1.54) is 4.90 Å². The predicted molar refractivity (Wildman–Crippen MR) is 70.1 cm³/mol. The summed E-state index contributed by atoms with van der Waals surface area (Å²) in [6.45, 7) is 0.527. The van der Waals surface area contributed by atoms with Crippen molar-refractivity contribution in [2.45, 2.75) is 38.5 Å². The number of rotatable bonds is 6. The Hall–Kier alpha value is -2.08. The SMILES string of the molecule is N#CCCN(CCC#N)C(=O)C1CCCCC1C(=O)O. The quantitative estimate of drug-likeness (QED) is 0.792. The summed E-state index contributed by atoms with van der Waals surface area (Å²) < 4.78 is 0. The number of nitrogens with zero attached hydrogens (tertiary/aromatic N) is 3. The number of carboxylic acid groups (broad SMARTS) is 1. The highest BCUT2D eigenvalue weighted by molar-refractivity contribution is 5.85. The third-order valence-corrected chi connectivity index (χ3v) is 3.70. The molecule has 2 atom stereocenters. The van der Waals surface area contributed by atoms with Gasteiger partial charge < -0.3 is 10.0 Å². The molecule has 108 valence electrons. The first-order valence-electron chi connectivity index (χ1n) is 6.87. The molecule has 1 N–H and O–H groups in total. The minimum absolute atomic E-state index is 0.196. The highest BCUT2D eigenvalue weighted by Crippen LogP contribution is 2.31. The van der Waals surface area contributed by atoms with Gasteiger partial charge in [0, 0.05) is 13.1 Å². The second-order valence-corrected chi connectivity index (χ2v) is 4.98. The Morgan fingerprint density at radius 2 is 1.55 bits per heavy atom. The fourth-order valence-corrected chi connectivity index (χ4v) is 2.66. The van der Waals surface area contributed by atoms with Crippen molar-refractivity contribution in [1.29, 1.82) is 10.5 Å². The molecule has 6 nitrogen and oxygen atoms in total. The van der Waals surface area contributed by atoms with Gasteiger partial charge in [-0.15, -0.1) is 0 Å². The van der Waals surface area contributed by atoms with Crippen LogP contribution in [0.25, 0.3) is 0 Å². The number of hydrogen-bond donors (Lipinski definition) is 1. The minimum atomic E-state index is -0.927. The number of carboxylic acids is 1. The largest absolute Gasteiger partial charge is 0.481 e. The molecule has 0 aromatic heterocycles. The van der Waals surface area contributed by atoms with Crippen LogP contribution in [-0.4, -0.2) is 35.0 Å². The molecule has 0 spiro atoms. The molecule has 0 bridgehead atoms. The number of carbonyl (C=O) groups excluding carboxylic acids is 1. The zero-order valence-corrected chi connectivity index (χ0v) is 11.4. The van der Waals surface area contributed by atoms with Gasteiger partial charge in [-0.3, -0.25) is 9.59 Å². The number of aliphatic carboxylic acids is 1. The zero-order valence-electron chi connectivity index (χ0n) is 11.4. The molecular formula is C14H19N3O3. The number of amides is 1. The van der Waals surface area contributed by atoms with Crippen molar-refractivity contribution in [1.82, 2.24) is 4.90 Å². The Morgan fingerprint density at radius 1 is 1.05 bits per heavy atom. The summed E-state index contributed by atoms with van der Waals surface area (Å²) in [6, 6.07) is 3.95. The molecule has 1 aliphatic carbocycles. The zero-order chi connectivity index (χ0) is 15.0. The first kappa shape index (κ1) is 16.0. The van der Waals surface area contributed by atoms with Gasteiger partial charge in [-0.1, -0.05) is 12.8 Å². The molecule has 6 heteroatoms. The number of nitriles is 2. The number of hydrogen-bond acceptors (Lipinski definition) is 4. The first-order valence-corrected chi connectivity index (χ1v) is 6.87. The van der Waals surface area contributed by atoms with E-state index in [-0.39, 0.29) is 31.8 Å². The average molecular weight is 277 g/mol. The van der Waals surface area contributed by atoms with Crippen LogP contribution in [0.4, 0.5) is 0 Å². The lowest BCUT2D eigenvalue weighted by atomic mass is 9.78. The van der Waals surface area contributed by atoms with Crippen molar-refractivity contribution >= 4 is 11.9 Å². The fraction of sp³-hybridized carbons (Fsp3) is 0.714. The average Bonchev–Trinajstić information content (AvgIpc) is 2.46. The van der Waals surface area contributed by atoms with Crippen LogP contribution in [-0.2, 0) is 9.59 Å². The summed E-state index contributed by atoms with van der Waals surface area (Å²) in [5, 5.41) is 26.5. The van der Waals surface area contributed by atoms with Gasteiger partial charge in [0.1, 0.15) is 0 Å². The summed E-state index contributed by atoms with van der Waals surface area (Å²) in [7, 11) is 0. The maximum absolute atomic E-state index is 12.5. The van der Waals surface area contributed by atoms with E-state index in [1.807, 2.05) is 12.1 Å². The van der Waals surface area contributed by atoms with Gasteiger partial charge in [-0.2, -0.15) is 10.5 Å². The van der Waals surface area contributed by atoms with Gasteiger partial charge in [0.15, 0.2) is 0 Å². The van der Waals surface area contributed by atoms with Gasteiger partial charge in [0.25, 0.3) is 0 Å². The topological polar surface area (TPSA) is 105 Å². The second kappa shape index (κ2) is 8.16. The smallest absolute Gasteiger partial charge is 0.307 e. The Labute approximate surface area is 118 Å². The molecule has 0 radical (unpaired) electrons. The van der Waals surface area contributed by atoms with Crippen LogP contribution in [0.1, 0.15) is 38.5 Å². The molecular weight excluding hydrogens is 258 g/mol. The summed E-state index contributed by atoms with van der Waals surface area (Å²) >= 11 is 0. The Balaban J connectivity index is 2.77. The number of carbonyl (C=O) groups is 2. The molecule has 0 aliphatic heterocycles. The van der Waals surface area contributed by atoms with Gasteiger partial charge in [-0.05, 0) is 12.8 Å². The maximum Gasteiger partial charge on any atom is 0.307 e. The van der Waals surface area contributed by atoms with Crippen LogP contribution in [0, 0.1) is 34.5 Å². The van der Waals surface area contributed by atoms with Gasteiger partial charge in [0.05, 0.1) is 36.8 Å². The van der Waals surface area contributed by atoms with Gasteiger partial charge in [0.2, 0.25) is 5.91 Å². The summed E-state index contributed by atoms with van der Waals surface area (Å²) in [5.41, 5.74) is 0. The van der Waals surface area contributed by atoms with Gasteiger partial charge in [-0.25, -0.2) is 0 Å². The Kier molecular flexibility index (Phi) is 6.52. The van der Waals surface area contributed by atoms with E-state index in [0.29, 0.717) is 12.8 Å². The maximum atomic E-state index is 12.5. The van der Waals surface area contributed by atoms with Crippen LogP contribution < -0.4 is 0 Å². The lowest BCUT2D eigenvalue weighted by Crippen LogP contribution is -2.43. The van der Waals surface area contributed by atoms with Crippen molar-refractivity contribution in [3.05, 3.63) is 0 Å². The molecule has 1 amide bonds. The van der Waals surface area contributed by atoms with Crippen LogP contribution in [0.5, 0.6) is 0 Å². The van der Waals surface area contributed by atoms with E-state index in [4.69, 9.17) is 10.5 Å². The van der Waals surface area contributed by atoms with Crippen LogP contribution >= 0.6 is 0 Å². The van der Waals surface area contributed by atoms with E-state index >= 15 is 0 Å². The molecule has 0 aromatic carbocycles. The summed E-state index contributed by atoms with van der Waals surface area (Å²) in [4.78, 5) is 25.2. The first-order chi connectivity index (χ1) is 9.61. The van der Waals surface area contributed by atoms with E-state index in [2.05, 4.69) is 0 Å². The summed E-state index contributed by atoms with van der Waals surface area (Å²) in [6.07, 6.45) is 3.17. The van der Waals surface area contributed by atoms with E-state index in [0.717, 1.165) is 12.8 Å². The van der Waals surface area contributed by atoms with Crippen molar-refractivity contribution in [3.63, 3.8) is 0 Å². The monoisotopic (exact) mass is 277 g/mol. The van der Waals surface area contributed by atoms with Gasteiger partial charge >= 0.3 is 5.97 Å². The highest BCUT2D eigenvalue weighted by Gasteiger charge is 2.37. The predicted octanol–water partition coefficient (Wildman–Crippen LogP) is 1.53. The Morgan fingerprint density at radius 3 is 2.00 bits per heavy atom. The lowest BCUT2D eigenvalue weighted by molar-refractivity contribution is -0.152. The molecule has 1 rings (SSSR count). The molecule has 1 saturated carbocycles. The van der Waals surface area contributed by atoms with E-state index < -0.39 is 17.8 Å². The lowest BCUT2D eigenvalue weighted by Gasteiger charge is -2.32. The molecule has 0 saturated heterocycles. The van der Waals surface area contributed by atoms with Crippen molar-refractivity contribution in [2.75, 3.05) is 13.1 Å². The Bertz CT molecular complexity index is 418. The molecule has 0 heterocycles. The molecule has 2 unspecified atom stereocenters. The van der Waals surface area contributed by atoms with Crippen LogP contribution in [0.2, 0.25) is 0 Å². The molecule has 0 aromatic rings. The third kappa shape index (κ3) is 4.24.